The van der Waals surface area contributed by atoms with Gasteiger partial charge in [0.2, 0.25) is 0 Å². The third-order valence-electron chi connectivity index (χ3n) is 4.07. The first-order valence-electron chi connectivity index (χ1n) is 6.70. The Labute approximate surface area is 115 Å². The van der Waals surface area contributed by atoms with Gasteiger partial charge in [-0.2, -0.15) is 0 Å². The minimum atomic E-state index is -0.307. The molecule has 2 amide bonds. The molecule has 1 fully saturated rings. The summed E-state index contributed by atoms with van der Waals surface area (Å²) < 4.78 is 0. The number of carbonyl (C=O) groups excluding carboxylic acids is 1. The third-order valence-corrected chi connectivity index (χ3v) is 4.07. The lowest BCUT2D eigenvalue weighted by molar-refractivity contribution is 0.163. The van der Waals surface area contributed by atoms with Gasteiger partial charge in [0, 0.05) is 13.1 Å². The van der Waals surface area contributed by atoms with E-state index in [0.717, 1.165) is 5.56 Å². The van der Waals surface area contributed by atoms with E-state index in [9.17, 15) is 4.79 Å². The van der Waals surface area contributed by atoms with Crippen LogP contribution < -0.4 is 11.1 Å². The van der Waals surface area contributed by atoms with Crippen LogP contribution in [0.4, 0.5) is 4.79 Å². The number of nitrogens with zero attached hydrogens (tertiary/aromatic N) is 1. The van der Waals surface area contributed by atoms with Crippen molar-refractivity contribution in [3.05, 3.63) is 34.9 Å². The zero-order valence-corrected chi connectivity index (χ0v) is 12.2. The molecule has 0 aliphatic carbocycles. The van der Waals surface area contributed by atoms with E-state index in [4.69, 9.17) is 5.73 Å². The van der Waals surface area contributed by atoms with E-state index >= 15 is 0 Å². The van der Waals surface area contributed by atoms with Crippen molar-refractivity contribution in [1.29, 1.82) is 0 Å². The average Bonchev–Trinajstić information content (AvgIpc) is 2.75. The lowest BCUT2D eigenvalue weighted by Crippen LogP contribution is -2.50. The fourth-order valence-electron chi connectivity index (χ4n) is 2.34. The van der Waals surface area contributed by atoms with Crippen LogP contribution in [0.3, 0.4) is 0 Å². The summed E-state index contributed by atoms with van der Waals surface area (Å²) in [7, 11) is 0. The zero-order chi connectivity index (χ0) is 14.2. The second kappa shape index (κ2) is 4.85. The van der Waals surface area contributed by atoms with Crippen LogP contribution >= 0.6 is 0 Å². The van der Waals surface area contributed by atoms with Crippen LogP contribution in [0.5, 0.6) is 0 Å². The second-order valence-corrected chi connectivity index (χ2v) is 5.97. The van der Waals surface area contributed by atoms with E-state index in [0.29, 0.717) is 13.1 Å². The summed E-state index contributed by atoms with van der Waals surface area (Å²) in [6.45, 7) is 9.31. The third kappa shape index (κ3) is 2.59. The van der Waals surface area contributed by atoms with Crippen molar-refractivity contribution in [3.8, 4) is 0 Å². The molecule has 0 spiro atoms. The normalized spacial score (nSPS) is 19.7. The van der Waals surface area contributed by atoms with E-state index in [2.05, 4.69) is 37.4 Å². The van der Waals surface area contributed by atoms with Crippen molar-refractivity contribution >= 4 is 6.03 Å². The van der Waals surface area contributed by atoms with E-state index in [1.165, 1.54) is 11.1 Å². The van der Waals surface area contributed by atoms with E-state index in [1.807, 2.05) is 18.7 Å². The van der Waals surface area contributed by atoms with Gasteiger partial charge in [-0.15, -0.1) is 0 Å². The lowest BCUT2D eigenvalue weighted by Gasteiger charge is -2.33. The Hall–Kier alpha value is -1.55. The molecule has 3 N–H and O–H groups in total. The summed E-state index contributed by atoms with van der Waals surface area (Å²) in [5, 5.41) is 3.04. The molecular formula is C15H23N3O. The van der Waals surface area contributed by atoms with Gasteiger partial charge in [-0.1, -0.05) is 18.2 Å². The van der Waals surface area contributed by atoms with Gasteiger partial charge in [0.05, 0.1) is 11.6 Å². The topological polar surface area (TPSA) is 58.4 Å². The van der Waals surface area contributed by atoms with Gasteiger partial charge in [-0.05, 0) is 44.4 Å². The Kier molecular flexibility index (Phi) is 3.54. The molecule has 1 heterocycles. The Morgan fingerprint density at radius 2 is 2.05 bits per heavy atom. The summed E-state index contributed by atoms with van der Waals surface area (Å²) in [4.78, 5) is 13.9. The molecule has 1 aromatic rings. The Balaban J connectivity index is 2.21. The number of hydrogen-bond donors (Lipinski definition) is 2. The molecule has 2 rings (SSSR count). The number of benzene rings is 1. The van der Waals surface area contributed by atoms with Gasteiger partial charge >= 0.3 is 6.03 Å². The molecule has 1 atom stereocenters. The molecule has 4 nitrogen and oxygen atoms in total. The highest BCUT2D eigenvalue weighted by atomic mass is 16.2. The summed E-state index contributed by atoms with van der Waals surface area (Å²) >= 11 is 0. The van der Waals surface area contributed by atoms with Crippen molar-refractivity contribution in [3.63, 3.8) is 0 Å². The number of amides is 2. The van der Waals surface area contributed by atoms with Crippen molar-refractivity contribution in [2.75, 3.05) is 13.1 Å². The molecule has 0 saturated carbocycles. The van der Waals surface area contributed by atoms with E-state index < -0.39 is 0 Å². The quantitative estimate of drug-likeness (QED) is 0.875. The van der Waals surface area contributed by atoms with E-state index in [1.54, 1.807) is 0 Å². The standard InChI is InChI=1S/C15H23N3O/c1-10-5-6-12(7-11(10)2)13-8-18(14(19)17-13)15(3,4)9-16/h5-7,13H,8-9,16H2,1-4H3,(H,17,19). The number of aryl methyl sites for hydroxylation is 2. The first kappa shape index (κ1) is 13.9. The van der Waals surface area contributed by atoms with Crippen LogP contribution in [0.25, 0.3) is 0 Å². The molecule has 1 aliphatic rings. The van der Waals surface area contributed by atoms with Gasteiger partial charge in [0.1, 0.15) is 0 Å². The fraction of sp³-hybridized carbons (Fsp3) is 0.533. The molecule has 104 valence electrons. The summed E-state index contributed by atoms with van der Waals surface area (Å²) in [5.74, 6) is 0. The molecule has 0 bridgehead atoms. The number of carbonyl (C=O) groups is 1. The van der Waals surface area contributed by atoms with Gasteiger partial charge in [0.15, 0.2) is 0 Å². The summed E-state index contributed by atoms with van der Waals surface area (Å²) in [6.07, 6.45) is 0. The molecule has 4 heteroatoms. The zero-order valence-electron chi connectivity index (χ0n) is 12.2. The van der Waals surface area contributed by atoms with Crippen LogP contribution in [0.2, 0.25) is 0 Å². The second-order valence-electron chi connectivity index (χ2n) is 5.97. The molecule has 1 aliphatic heterocycles. The number of rotatable bonds is 3. The van der Waals surface area contributed by atoms with Crippen LogP contribution in [-0.2, 0) is 0 Å². The van der Waals surface area contributed by atoms with Gasteiger partial charge in [0.25, 0.3) is 0 Å². The van der Waals surface area contributed by atoms with E-state index in [-0.39, 0.29) is 17.6 Å². The largest absolute Gasteiger partial charge is 0.329 e. The number of hydrogen-bond acceptors (Lipinski definition) is 2. The highest BCUT2D eigenvalue weighted by molar-refractivity contribution is 5.78. The SMILES string of the molecule is Cc1ccc(C2CN(C(C)(C)CN)C(=O)N2)cc1C. The monoisotopic (exact) mass is 261 g/mol. The number of nitrogens with one attached hydrogen (secondary N) is 1. The van der Waals surface area contributed by atoms with Crippen molar-refractivity contribution in [1.82, 2.24) is 10.2 Å². The Morgan fingerprint density at radius 3 is 2.63 bits per heavy atom. The Morgan fingerprint density at radius 1 is 1.37 bits per heavy atom. The molecule has 19 heavy (non-hydrogen) atoms. The molecule has 0 radical (unpaired) electrons. The van der Waals surface area contributed by atoms with Gasteiger partial charge < -0.3 is 16.0 Å². The van der Waals surface area contributed by atoms with Gasteiger partial charge in [-0.25, -0.2) is 4.79 Å². The highest BCUT2D eigenvalue weighted by Crippen LogP contribution is 2.27. The maximum Gasteiger partial charge on any atom is 0.318 e. The lowest BCUT2D eigenvalue weighted by atomic mass is 10.00. The maximum atomic E-state index is 12.1. The Bertz CT molecular complexity index is 496. The van der Waals surface area contributed by atoms with Crippen LogP contribution in [0, 0.1) is 13.8 Å². The molecule has 1 aromatic carbocycles. The van der Waals surface area contributed by atoms with Crippen molar-refractivity contribution in [2.45, 2.75) is 39.3 Å². The predicted molar refractivity (Wildman–Crippen MR) is 77.0 cm³/mol. The smallest absolute Gasteiger partial charge is 0.318 e. The maximum absolute atomic E-state index is 12.1. The highest BCUT2D eigenvalue weighted by Gasteiger charge is 2.38. The molecule has 1 unspecified atom stereocenters. The van der Waals surface area contributed by atoms with Gasteiger partial charge in [-0.3, -0.25) is 0 Å². The van der Waals surface area contributed by atoms with Crippen molar-refractivity contribution in [2.24, 2.45) is 5.73 Å². The average molecular weight is 261 g/mol. The number of nitrogens with two attached hydrogens (primary N) is 1. The number of urea groups is 1. The fourth-order valence-corrected chi connectivity index (χ4v) is 2.34. The first-order valence-corrected chi connectivity index (χ1v) is 6.70. The summed E-state index contributed by atoms with van der Waals surface area (Å²) in [5.41, 5.74) is 9.13. The predicted octanol–water partition coefficient (Wildman–Crippen LogP) is 2.11. The van der Waals surface area contributed by atoms with Crippen molar-refractivity contribution < 1.29 is 4.79 Å². The minimum Gasteiger partial charge on any atom is -0.329 e. The minimum absolute atomic E-state index is 0.0290. The van der Waals surface area contributed by atoms with Crippen LogP contribution in [0.1, 0.15) is 36.6 Å². The molecule has 1 saturated heterocycles. The first-order chi connectivity index (χ1) is 8.85. The molecular weight excluding hydrogens is 238 g/mol. The molecule has 0 aromatic heterocycles. The van der Waals surface area contributed by atoms with Crippen LogP contribution in [0.15, 0.2) is 18.2 Å². The van der Waals surface area contributed by atoms with Crippen LogP contribution in [-0.4, -0.2) is 29.6 Å². The summed E-state index contributed by atoms with van der Waals surface area (Å²) in [6, 6.07) is 6.37.